The van der Waals surface area contributed by atoms with Crippen LogP contribution in [-0.4, -0.2) is 40.4 Å². The molecule has 1 aliphatic rings. The van der Waals surface area contributed by atoms with E-state index in [1.165, 1.54) is 25.1 Å². The second-order valence-electron chi connectivity index (χ2n) is 6.70. The summed E-state index contributed by atoms with van der Waals surface area (Å²) in [7, 11) is 0. The molecule has 0 amide bonds. The molecule has 1 aromatic heterocycles. The van der Waals surface area contributed by atoms with Crippen LogP contribution in [0.2, 0.25) is 0 Å². The molecule has 0 radical (unpaired) electrons. The Morgan fingerprint density at radius 2 is 2.15 bits per heavy atom. The second kappa shape index (κ2) is 7.23. The first-order valence-electron chi connectivity index (χ1n) is 8.05. The van der Waals surface area contributed by atoms with Crippen LogP contribution < -0.4 is 5.32 Å². The predicted octanol–water partition coefficient (Wildman–Crippen LogP) is 2.67. The van der Waals surface area contributed by atoms with Gasteiger partial charge in [0.25, 0.3) is 0 Å². The normalized spacial score (nSPS) is 20.4. The lowest BCUT2D eigenvalue weighted by Crippen LogP contribution is -2.38. The highest BCUT2D eigenvalue weighted by Crippen LogP contribution is 2.19. The molecule has 1 atom stereocenters. The Hall–Kier alpha value is -0.870. The number of likely N-dealkylation sites (tertiary alicyclic amines) is 1. The van der Waals surface area contributed by atoms with Crippen molar-refractivity contribution in [1.29, 1.82) is 0 Å². The van der Waals surface area contributed by atoms with Gasteiger partial charge in [-0.3, -0.25) is 9.58 Å². The highest BCUT2D eigenvalue weighted by molar-refractivity contribution is 5.01. The molecule has 0 spiro atoms. The molecular formula is C16H30N4. The van der Waals surface area contributed by atoms with Gasteiger partial charge in [-0.15, -0.1) is 0 Å². The summed E-state index contributed by atoms with van der Waals surface area (Å²) in [5.74, 6) is 0.728. The highest BCUT2D eigenvalue weighted by atomic mass is 15.3. The lowest BCUT2D eigenvalue weighted by atomic mass is 10.2. The summed E-state index contributed by atoms with van der Waals surface area (Å²) in [6.07, 6.45) is 4.73. The van der Waals surface area contributed by atoms with Crippen LogP contribution in [0.3, 0.4) is 0 Å². The summed E-state index contributed by atoms with van der Waals surface area (Å²) in [5, 5.41) is 8.27. The van der Waals surface area contributed by atoms with Crippen molar-refractivity contribution in [3.63, 3.8) is 0 Å². The Kier molecular flexibility index (Phi) is 5.61. The number of hydrogen-bond acceptors (Lipinski definition) is 3. The van der Waals surface area contributed by atoms with Crippen LogP contribution in [0.4, 0.5) is 0 Å². The molecule has 1 N–H and O–H groups in total. The van der Waals surface area contributed by atoms with Crippen molar-refractivity contribution in [1.82, 2.24) is 20.0 Å². The summed E-state index contributed by atoms with van der Waals surface area (Å²) in [6.45, 7) is 13.3. The first-order valence-corrected chi connectivity index (χ1v) is 8.05. The molecule has 4 heteroatoms. The van der Waals surface area contributed by atoms with E-state index in [1.807, 2.05) is 0 Å². The van der Waals surface area contributed by atoms with Gasteiger partial charge in [0.2, 0.25) is 0 Å². The first-order chi connectivity index (χ1) is 9.56. The minimum Gasteiger partial charge on any atom is -0.315 e. The van der Waals surface area contributed by atoms with Crippen molar-refractivity contribution < 1.29 is 0 Å². The first kappa shape index (κ1) is 15.5. The highest BCUT2D eigenvalue weighted by Gasteiger charge is 2.24. The lowest BCUT2D eigenvalue weighted by Gasteiger charge is -2.24. The number of rotatable bonds is 7. The van der Waals surface area contributed by atoms with Crippen molar-refractivity contribution >= 4 is 0 Å². The van der Waals surface area contributed by atoms with Gasteiger partial charge in [0.15, 0.2) is 0 Å². The van der Waals surface area contributed by atoms with E-state index in [4.69, 9.17) is 0 Å². The zero-order chi connectivity index (χ0) is 14.5. The van der Waals surface area contributed by atoms with Gasteiger partial charge in [0, 0.05) is 31.4 Å². The van der Waals surface area contributed by atoms with Crippen molar-refractivity contribution in [2.45, 2.75) is 59.2 Å². The smallest absolute Gasteiger partial charge is 0.0765 e. The minimum absolute atomic E-state index is 0.450. The van der Waals surface area contributed by atoms with Crippen LogP contribution in [0, 0.1) is 5.92 Å². The predicted molar refractivity (Wildman–Crippen MR) is 83.8 cm³/mol. The van der Waals surface area contributed by atoms with Gasteiger partial charge in [0.1, 0.15) is 0 Å². The Bertz CT molecular complexity index is 397. The Balaban J connectivity index is 1.83. The standard InChI is InChI=1S/C16H30N4/c1-13(2)10-17-11-16-6-5-8-19(16)12-15-7-9-20(18-15)14(3)4/h7,9,13-14,16-17H,5-6,8,10-12H2,1-4H3. The van der Waals surface area contributed by atoms with E-state index in [0.29, 0.717) is 12.1 Å². The average molecular weight is 278 g/mol. The van der Waals surface area contributed by atoms with Crippen molar-refractivity contribution in [3.8, 4) is 0 Å². The van der Waals surface area contributed by atoms with E-state index in [0.717, 1.165) is 25.6 Å². The zero-order valence-electron chi connectivity index (χ0n) is 13.5. The fourth-order valence-electron chi connectivity index (χ4n) is 2.83. The largest absolute Gasteiger partial charge is 0.315 e. The van der Waals surface area contributed by atoms with Gasteiger partial charge in [0.05, 0.1) is 5.69 Å². The molecule has 1 fully saturated rings. The Labute approximate surface area is 123 Å². The van der Waals surface area contributed by atoms with Crippen molar-refractivity contribution in [2.75, 3.05) is 19.6 Å². The van der Waals surface area contributed by atoms with E-state index >= 15 is 0 Å². The third kappa shape index (κ3) is 4.32. The van der Waals surface area contributed by atoms with Crippen LogP contribution in [0.15, 0.2) is 12.3 Å². The number of hydrogen-bond donors (Lipinski definition) is 1. The summed E-state index contributed by atoms with van der Waals surface area (Å²) < 4.78 is 2.05. The van der Waals surface area contributed by atoms with Crippen LogP contribution >= 0.6 is 0 Å². The molecular weight excluding hydrogens is 248 g/mol. The maximum absolute atomic E-state index is 4.67. The fourth-order valence-corrected chi connectivity index (χ4v) is 2.83. The van der Waals surface area contributed by atoms with Gasteiger partial charge in [-0.1, -0.05) is 13.8 Å². The molecule has 1 saturated heterocycles. The summed E-state index contributed by atoms with van der Waals surface area (Å²) >= 11 is 0. The molecule has 1 unspecified atom stereocenters. The SMILES string of the molecule is CC(C)CNCC1CCCN1Cc1ccn(C(C)C)n1. The molecule has 0 aliphatic carbocycles. The van der Waals surface area contributed by atoms with E-state index in [9.17, 15) is 0 Å². The second-order valence-corrected chi connectivity index (χ2v) is 6.70. The van der Waals surface area contributed by atoms with Gasteiger partial charge in [-0.25, -0.2) is 0 Å². The third-order valence-corrected chi connectivity index (χ3v) is 3.99. The summed E-state index contributed by atoms with van der Waals surface area (Å²) in [6, 6.07) is 3.29. The Morgan fingerprint density at radius 1 is 1.35 bits per heavy atom. The van der Waals surface area contributed by atoms with Gasteiger partial charge in [-0.2, -0.15) is 5.10 Å². The minimum atomic E-state index is 0.450. The molecule has 2 heterocycles. The molecule has 0 bridgehead atoms. The summed E-state index contributed by atoms with van der Waals surface area (Å²) in [5.41, 5.74) is 1.20. The molecule has 0 saturated carbocycles. The van der Waals surface area contributed by atoms with Gasteiger partial charge >= 0.3 is 0 Å². The molecule has 4 nitrogen and oxygen atoms in total. The number of aromatic nitrogens is 2. The number of nitrogens with zero attached hydrogens (tertiary/aromatic N) is 3. The average Bonchev–Trinajstić information content (AvgIpc) is 2.99. The Morgan fingerprint density at radius 3 is 2.80 bits per heavy atom. The third-order valence-electron chi connectivity index (χ3n) is 3.99. The van der Waals surface area contributed by atoms with Crippen LogP contribution in [-0.2, 0) is 6.54 Å². The van der Waals surface area contributed by atoms with Crippen molar-refractivity contribution in [3.05, 3.63) is 18.0 Å². The van der Waals surface area contributed by atoms with Crippen LogP contribution in [0.25, 0.3) is 0 Å². The quantitative estimate of drug-likeness (QED) is 0.832. The molecule has 1 aliphatic heterocycles. The zero-order valence-corrected chi connectivity index (χ0v) is 13.5. The van der Waals surface area contributed by atoms with E-state index < -0.39 is 0 Å². The topological polar surface area (TPSA) is 33.1 Å². The lowest BCUT2D eigenvalue weighted by molar-refractivity contribution is 0.234. The monoisotopic (exact) mass is 278 g/mol. The van der Waals surface area contributed by atoms with Gasteiger partial charge < -0.3 is 5.32 Å². The van der Waals surface area contributed by atoms with E-state index in [-0.39, 0.29) is 0 Å². The number of nitrogens with one attached hydrogen (secondary N) is 1. The summed E-state index contributed by atoms with van der Waals surface area (Å²) in [4.78, 5) is 2.58. The fraction of sp³-hybridized carbons (Fsp3) is 0.812. The van der Waals surface area contributed by atoms with E-state index in [1.54, 1.807) is 0 Å². The molecule has 2 rings (SSSR count). The maximum atomic E-state index is 4.67. The molecule has 20 heavy (non-hydrogen) atoms. The van der Waals surface area contributed by atoms with Gasteiger partial charge in [-0.05, 0) is 51.8 Å². The maximum Gasteiger partial charge on any atom is 0.0765 e. The molecule has 0 aromatic carbocycles. The molecule has 1 aromatic rings. The van der Waals surface area contributed by atoms with Crippen molar-refractivity contribution in [2.24, 2.45) is 5.92 Å². The van der Waals surface area contributed by atoms with E-state index in [2.05, 4.69) is 60.0 Å². The van der Waals surface area contributed by atoms with Crippen LogP contribution in [0.1, 0.15) is 52.3 Å². The molecule has 114 valence electrons. The van der Waals surface area contributed by atoms with Crippen LogP contribution in [0.5, 0.6) is 0 Å².